The number of aryl methyl sites for hydroxylation is 2. The fourth-order valence-electron chi connectivity index (χ4n) is 1.48. The van der Waals surface area contributed by atoms with Crippen LogP contribution in [-0.2, 0) is 0 Å². The number of aliphatic hydroxyl groups excluding tert-OH is 2. The molecule has 0 aliphatic heterocycles. The summed E-state index contributed by atoms with van der Waals surface area (Å²) in [5.74, 6) is 0.550. The van der Waals surface area contributed by atoms with Crippen LogP contribution in [0.4, 0.5) is 0 Å². The Morgan fingerprint density at radius 3 is 2.50 bits per heavy atom. The molecule has 3 N–H and O–H groups in total. The van der Waals surface area contributed by atoms with Gasteiger partial charge in [-0.3, -0.25) is 5.10 Å². The molecule has 0 saturated heterocycles. The van der Waals surface area contributed by atoms with Crippen molar-refractivity contribution >= 4 is 12.6 Å². The summed E-state index contributed by atoms with van der Waals surface area (Å²) < 4.78 is 0. The molecule has 1 aromatic rings. The second-order valence-electron chi connectivity index (χ2n) is 3.37. The maximum Gasteiger partial charge on any atom is 0.108 e. The zero-order chi connectivity index (χ0) is 10.7. The number of hydrogen-bond acceptors (Lipinski definition) is 4. The number of nitrogens with one attached hydrogen (secondary N) is 1. The maximum atomic E-state index is 9.83. The van der Waals surface area contributed by atoms with E-state index in [1.54, 1.807) is 6.92 Å². The molecule has 1 aromatic heterocycles. The van der Waals surface area contributed by atoms with Gasteiger partial charge in [-0.05, 0) is 26.0 Å². The Morgan fingerprint density at radius 1 is 1.43 bits per heavy atom. The van der Waals surface area contributed by atoms with Gasteiger partial charge in [-0.25, -0.2) is 0 Å². The van der Waals surface area contributed by atoms with Crippen molar-refractivity contribution in [2.24, 2.45) is 0 Å². The molecule has 4 nitrogen and oxygen atoms in total. The van der Waals surface area contributed by atoms with Crippen molar-refractivity contribution in [3.05, 3.63) is 17.0 Å². The fraction of sp³-hybridized carbons (Fsp3) is 0.667. The smallest absolute Gasteiger partial charge is 0.108 e. The molecule has 0 spiro atoms. The van der Waals surface area contributed by atoms with E-state index in [1.165, 1.54) is 0 Å². The van der Waals surface area contributed by atoms with E-state index in [0.29, 0.717) is 17.7 Å². The van der Waals surface area contributed by atoms with Crippen molar-refractivity contribution in [1.82, 2.24) is 10.2 Å². The SMILES string of the molecule is Cc1n[nH]c(C)c1C(O)C(O)CCS. The molecule has 80 valence electrons. The van der Waals surface area contributed by atoms with Crippen LogP contribution in [0.1, 0.15) is 29.5 Å². The normalized spacial score (nSPS) is 15.5. The summed E-state index contributed by atoms with van der Waals surface area (Å²) in [5, 5.41) is 26.2. The molecule has 0 fully saturated rings. The minimum Gasteiger partial charge on any atom is -0.390 e. The van der Waals surface area contributed by atoms with Crippen LogP contribution >= 0.6 is 12.6 Å². The van der Waals surface area contributed by atoms with E-state index in [4.69, 9.17) is 0 Å². The van der Waals surface area contributed by atoms with Crippen LogP contribution in [0.25, 0.3) is 0 Å². The van der Waals surface area contributed by atoms with Crippen LogP contribution in [0.5, 0.6) is 0 Å². The summed E-state index contributed by atoms with van der Waals surface area (Å²) in [6.45, 7) is 3.63. The van der Waals surface area contributed by atoms with Crippen LogP contribution < -0.4 is 0 Å². The Kier molecular flexibility index (Phi) is 3.97. The van der Waals surface area contributed by atoms with Crippen molar-refractivity contribution in [2.45, 2.75) is 32.5 Å². The third-order valence-electron chi connectivity index (χ3n) is 2.27. The van der Waals surface area contributed by atoms with E-state index < -0.39 is 12.2 Å². The summed E-state index contributed by atoms with van der Waals surface area (Å²) in [5.41, 5.74) is 2.22. The highest BCUT2D eigenvalue weighted by molar-refractivity contribution is 7.80. The first-order valence-electron chi connectivity index (χ1n) is 4.56. The quantitative estimate of drug-likeness (QED) is 0.561. The molecule has 1 heterocycles. The summed E-state index contributed by atoms with van der Waals surface area (Å²) in [4.78, 5) is 0. The van der Waals surface area contributed by atoms with E-state index in [-0.39, 0.29) is 0 Å². The van der Waals surface area contributed by atoms with Gasteiger partial charge in [-0.2, -0.15) is 17.7 Å². The van der Waals surface area contributed by atoms with Gasteiger partial charge in [0, 0.05) is 11.3 Å². The summed E-state index contributed by atoms with van der Waals surface area (Å²) in [6.07, 6.45) is -1.18. The number of H-pyrrole nitrogens is 1. The van der Waals surface area contributed by atoms with Crippen LogP contribution in [0, 0.1) is 13.8 Å². The summed E-state index contributed by atoms with van der Waals surface area (Å²) in [6, 6.07) is 0. The first-order chi connectivity index (χ1) is 6.57. The van der Waals surface area contributed by atoms with Gasteiger partial charge in [0.2, 0.25) is 0 Å². The van der Waals surface area contributed by atoms with E-state index in [9.17, 15) is 10.2 Å². The van der Waals surface area contributed by atoms with E-state index in [0.717, 1.165) is 11.4 Å². The molecule has 0 amide bonds. The van der Waals surface area contributed by atoms with Crippen molar-refractivity contribution in [3.63, 3.8) is 0 Å². The first-order valence-corrected chi connectivity index (χ1v) is 5.19. The van der Waals surface area contributed by atoms with Crippen molar-refractivity contribution in [1.29, 1.82) is 0 Å². The van der Waals surface area contributed by atoms with Gasteiger partial charge >= 0.3 is 0 Å². The highest BCUT2D eigenvalue weighted by Gasteiger charge is 2.22. The van der Waals surface area contributed by atoms with Crippen LogP contribution in [0.15, 0.2) is 0 Å². The zero-order valence-electron chi connectivity index (χ0n) is 8.36. The first kappa shape index (κ1) is 11.6. The lowest BCUT2D eigenvalue weighted by Gasteiger charge is -2.17. The number of thiol groups is 1. The van der Waals surface area contributed by atoms with E-state index in [2.05, 4.69) is 22.8 Å². The number of aromatic amines is 1. The van der Waals surface area contributed by atoms with Crippen molar-refractivity contribution < 1.29 is 10.2 Å². The Hall–Kier alpha value is -0.520. The van der Waals surface area contributed by atoms with E-state index in [1.807, 2.05) is 6.92 Å². The largest absolute Gasteiger partial charge is 0.390 e. The molecule has 0 saturated carbocycles. The summed E-state index contributed by atoms with van der Waals surface area (Å²) in [7, 11) is 0. The Bertz CT molecular complexity index is 282. The van der Waals surface area contributed by atoms with Gasteiger partial charge in [-0.15, -0.1) is 0 Å². The van der Waals surface area contributed by atoms with Crippen molar-refractivity contribution in [3.8, 4) is 0 Å². The number of aliphatic hydroxyl groups is 2. The second kappa shape index (κ2) is 4.82. The molecule has 0 radical (unpaired) electrons. The monoisotopic (exact) mass is 216 g/mol. The minimum atomic E-state index is -0.874. The Balaban J connectivity index is 2.82. The van der Waals surface area contributed by atoms with Gasteiger partial charge in [0.15, 0.2) is 0 Å². The molecular weight excluding hydrogens is 200 g/mol. The highest BCUT2D eigenvalue weighted by atomic mass is 32.1. The number of hydrogen-bond donors (Lipinski definition) is 4. The Morgan fingerprint density at radius 2 is 2.07 bits per heavy atom. The van der Waals surface area contributed by atoms with Crippen LogP contribution in [-0.4, -0.2) is 32.3 Å². The third kappa shape index (κ3) is 2.29. The molecule has 0 aromatic carbocycles. The topological polar surface area (TPSA) is 69.1 Å². The molecule has 5 heteroatoms. The standard InChI is InChI=1S/C9H16N2O2S/c1-5-8(6(2)11-10-5)9(13)7(12)3-4-14/h7,9,12-14H,3-4H2,1-2H3,(H,10,11). The highest BCUT2D eigenvalue weighted by Crippen LogP contribution is 2.23. The average Bonchev–Trinajstić information content (AvgIpc) is 2.46. The average molecular weight is 216 g/mol. The molecule has 2 unspecified atom stereocenters. The summed E-state index contributed by atoms with van der Waals surface area (Å²) >= 11 is 4.01. The molecule has 0 aliphatic rings. The molecular formula is C9H16N2O2S. The molecule has 2 atom stereocenters. The number of rotatable bonds is 4. The van der Waals surface area contributed by atoms with Crippen LogP contribution in [0.2, 0.25) is 0 Å². The molecule has 1 rings (SSSR count). The fourth-order valence-corrected chi connectivity index (χ4v) is 1.74. The predicted molar refractivity (Wildman–Crippen MR) is 57.5 cm³/mol. The van der Waals surface area contributed by atoms with E-state index >= 15 is 0 Å². The lowest BCUT2D eigenvalue weighted by atomic mass is 10.0. The lowest BCUT2D eigenvalue weighted by molar-refractivity contribution is 0.0165. The van der Waals surface area contributed by atoms with Gasteiger partial charge in [-0.1, -0.05) is 0 Å². The van der Waals surface area contributed by atoms with Crippen LogP contribution in [0.3, 0.4) is 0 Å². The predicted octanol–water partition coefficient (Wildman–Crippen LogP) is 0.741. The van der Waals surface area contributed by atoms with Gasteiger partial charge in [0.25, 0.3) is 0 Å². The van der Waals surface area contributed by atoms with Gasteiger partial charge in [0.1, 0.15) is 6.10 Å². The maximum absolute atomic E-state index is 9.83. The third-order valence-corrected chi connectivity index (χ3v) is 2.53. The van der Waals surface area contributed by atoms with Gasteiger partial charge < -0.3 is 10.2 Å². The number of aromatic nitrogens is 2. The number of nitrogens with zero attached hydrogens (tertiary/aromatic N) is 1. The molecule has 0 aliphatic carbocycles. The molecule has 14 heavy (non-hydrogen) atoms. The lowest BCUT2D eigenvalue weighted by Crippen LogP contribution is -2.19. The van der Waals surface area contributed by atoms with Gasteiger partial charge in [0.05, 0.1) is 11.8 Å². The van der Waals surface area contributed by atoms with Crippen molar-refractivity contribution in [2.75, 3.05) is 5.75 Å². The Labute approximate surface area is 88.8 Å². The molecule has 0 bridgehead atoms. The zero-order valence-corrected chi connectivity index (χ0v) is 9.25. The second-order valence-corrected chi connectivity index (χ2v) is 3.82. The minimum absolute atomic E-state index is 0.467.